The van der Waals surface area contributed by atoms with Crippen molar-refractivity contribution in [2.75, 3.05) is 19.6 Å². The highest BCUT2D eigenvalue weighted by atomic mass is 19.4. The summed E-state index contributed by atoms with van der Waals surface area (Å²) in [5, 5.41) is 2.45. The van der Waals surface area contributed by atoms with Crippen molar-refractivity contribution < 1.29 is 18.0 Å². The number of carbonyl (C=O) groups is 1. The van der Waals surface area contributed by atoms with Crippen molar-refractivity contribution in [3.8, 4) is 0 Å². The Balaban J connectivity index is 2.24. The van der Waals surface area contributed by atoms with E-state index in [1.807, 2.05) is 0 Å². The molecule has 0 spiro atoms. The van der Waals surface area contributed by atoms with Crippen molar-refractivity contribution in [1.29, 1.82) is 0 Å². The number of alkyl halides is 3. The van der Waals surface area contributed by atoms with Crippen molar-refractivity contribution in [3.05, 3.63) is 0 Å². The molecule has 0 aromatic rings. The van der Waals surface area contributed by atoms with Gasteiger partial charge in [0.15, 0.2) is 0 Å². The molecular weight excluding hydrogens is 233 g/mol. The van der Waals surface area contributed by atoms with E-state index in [9.17, 15) is 18.0 Å². The van der Waals surface area contributed by atoms with Gasteiger partial charge in [-0.3, -0.25) is 4.79 Å². The number of nitrogens with one attached hydrogen (secondary N) is 1. The molecule has 1 heterocycles. The number of halogens is 3. The molecule has 17 heavy (non-hydrogen) atoms. The van der Waals surface area contributed by atoms with Crippen LogP contribution in [-0.4, -0.2) is 42.7 Å². The summed E-state index contributed by atoms with van der Waals surface area (Å²) >= 11 is 0. The number of hydrogen-bond donors (Lipinski definition) is 1. The molecule has 3 nitrogen and oxygen atoms in total. The average molecular weight is 252 g/mol. The number of rotatable bonds is 4. The number of likely N-dealkylation sites (tertiary alicyclic amines) is 1. The minimum atomic E-state index is -4.41. The molecule has 1 rings (SSSR count). The number of piperidine rings is 1. The van der Waals surface area contributed by atoms with Crippen LogP contribution >= 0.6 is 0 Å². The van der Waals surface area contributed by atoms with E-state index in [-0.39, 0.29) is 6.04 Å². The second-order valence-corrected chi connectivity index (χ2v) is 4.48. The van der Waals surface area contributed by atoms with Crippen LogP contribution in [0.1, 0.15) is 32.6 Å². The first kappa shape index (κ1) is 14.3. The second kappa shape index (κ2) is 6.23. The van der Waals surface area contributed by atoms with Crippen LogP contribution in [0.2, 0.25) is 0 Å². The molecule has 1 saturated heterocycles. The van der Waals surface area contributed by atoms with Gasteiger partial charge in [-0.25, -0.2) is 0 Å². The molecule has 6 heteroatoms. The van der Waals surface area contributed by atoms with E-state index in [4.69, 9.17) is 0 Å². The maximum Gasteiger partial charge on any atom is 0.397 e. The zero-order valence-corrected chi connectivity index (χ0v) is 10.0. The maximum atomic E-state index is 12.0. The van der Waals surface area contributed by atoms with Crippen molar-refractivity contribution >= 4 is 5.91 Å². The Morgan fingerprint density at radius 1 is 1.35 bits per heavy atom. The molecule has 1 fully saturated rings. The molecule has 1 amide bonds. The average Bonchev–Trinajstić information content (AvgIpc) is 2.18. The van der Waals surface area contributed by atoms with Gasteiger partial charge in [-0.2, -0.15) is 13.2 Å². The van der Waals surface area contributed by atoms with Crippen molar-refractivity contribution in [2.24, 2.45) is 0 Å². The molecule has 0 aliphatic carbocycles. The lowest BCUT2D eigenvalue weighted by Crippen LogP contribution is -2.45. The highest BCUT2D eigenvalue weighted by Crippen LogP contribution is 2.19. The second-order valence-electron chi connectivity index (χ2n) is 4.48. The molecule has 0 aromatic carbocycles. The third kappa shape index (κ3) is 5.91. The van der Waals surface area contributed by atoms with Gasteiger partial charge in [-0.15, -0.1) is 0 Å². The van der Waals surface area contributed by atoms with Crippen LogP contribution in [0, 0.1) is 0 Å². The fraction of sp³-hybridized carbons (Fsp3) is 0.909. The zero-order chi connectivity index (χ0) is 12.9. The summed E-state index contributed by atoms with van der Waals surface area (Å²) in [6, 6.07) is -0.0991. The minimum absolute atomic E-state index is 0.0991. The Hall–Kier alpha value is -0.780. The van der Waals surface area contributed by atoms with E-state index >= 15 is 0 Å². The summed E-state index contributed by atoms with van der Waals surface area (Å²) in [5.41, 5.74) is 0. The quantitative estimate of drug-likeness (QED) is 0.829. The van der Waals surface area contributed by atoms with Gasteiger partial charge in [0, 0.05) is 19.1 Å². The summed E-state index contributed by atoms with van der Waals surface area (Å²) in [5.74, 6) is -0.911. The van der Waals surface area contributed by atoms with E-state index in [0.717, 1.165) is 38.9 Å². The van der Waals surface area contributed by atoms with E-state index in [1.54, 1.807) is 0 Å². The Kier molecular flexibility index (Phi) is 5.24. The normalized spacial score (nSPS) is 19.3. The fourth-order valence-electron chi connectivity index (χ4n) is 2.08. The first-order valence-electron chi connectivity index (χ1n) is 5.99. The van der Waals surface area contributed by atoms with Crippen LogP contribution in [0.3, 0.4) is 0 Å². The monoisotopic (exact) mass is 252 g/mol. The van der Waals surface area contributed by atoms with Gasteiger partial charge in [0.2, 0.25) is 5.91 Å². The lowest BCUT2D eigenvalue weighted by molar-refractivity contribution is -0.154. The molecule has 0 radical (unpaired) electrons. The smallest absolute Gasteiger partial charge is 0.353 e. The summed E-state index contributed by atoms with van der Waals surface area (Å²) in [4.78, 5) is 13.4. The van der Waals surface area contributed by atoms with E-state index < -0.39 is 18.5 Å². The molecular formula is C11H19F3N2O. The molecule has 0 saturated carbocycles. The summed E-state index contributed by atoms with van der Waals surface area (Å²) < 4.78 is 35.9. The van der Waals surface area contributed by atoms with Crippen LogP contribution in [0.15, 0.2) is 0 Å². The highest BCUT2D eigenvalue weighted by Gasteiger charge is 2.32. The number of hydrogen-bond acceptors (Lipinski definition) is 2. The molecule has 0 unspecified atom stereocenters. The first-order chi connectivity index (χ1) is 7.90. The summed E-state index contributed by atoms with van der Waals surface area (Å²) in [6.45, 7) is 4.82. The largest absolute Gasteiger partial charge is 0.397 e. The predicted molar refractivity (Wildman–Crippen MR) is 58.6 cm³/mol. The Morgan fingerprint density at radius 3 is 2.41 bits per heavy atom. The Morgan fingerprint density at radius 2 is 1.94 bits per heavy atom. The van der Waals surface area contributed by atoms with E-state index in [2.05, 4.69) is 17.1 Å². The number of nitrogens with zero attached hydrogens (tertiary/aromatic N) is 1. The van der Waals surface area contributed by atoms with Crippen molar-refractivity contribution in [2.45, 2.75) is 44.8 Å². The van der Waals surface area contributed by atoms with Gasteiger partial charge < -0.3 is 10.2 Å². The zero-order valence-electron chi connectivity index (χ0n) is 10.0. The number of carbonyl (C=O) groups excluding carboxylic acids is 1. The molecule has 1 aliphatic heterocycles. The van der Waals surface area contributed by atoms with Gasteiger partial charge in [-0.05, 0) is 25.8 Å². The van der Waals surface area contributed by atoms with Crippen LogP contribution < -0.4 is 5.32 Å². The Labute approximate surface area is 99.4 Å². The molecule has 0 atom stereocenters. The summed E-state index contributed by atoms with van der Waals surface area (Å²) in [6.07, 6.45) is -3.23. The molecule has 100 valence electrons. The van der Waals surface area contributed by atoms with Crippen LogP contribution in [0.4, 0.5) is 13.2 Å². The van der Waals surface area contributed by atoms with Gasteiger partial charge in [-0.1, -0.05) is 6.92 Å². The van der Waals surface area contributed by atoms with E-state index in [0.29, 0.717) is 0 Å². The molecule has 0 aromatic heterocycles. The molecule has 1 N–H and O–H groups in total. The first-order valence-corrected chi connectivity index (χ1v) is 5.99. The third-order valence-corrected chi connectivity index (χ3v) is 2.85. The topological polar surface area (TPSA) is 32.3 Å². The minimum Gasteiger partial charge on any atom is -0.353 e. The van der Waals surface area contributed by atoms with Gasteiger partial charge in [0.25, 0.3) is 0 Å². The maximum absolute atomic E-state index is 12.0. The third-order valence-electron chi connectivity index (χ3n) is 2.85. The Bertz CT molecular complexity index is 248. The van der Waals surface area contributed by atoms with Crippen molar-refractivity contribution in [3.63, 3.8) is 0 Å². The standard InChI is InChI=1S/C11H19F3N2O/c1-2-5-16-6-3-9(4-7-16)15-10(17)8-11(12,13)14/h9H,2-8H2,1H3,(H,15,17). The molecule has 1 aliphatic rings. The number of amides is 1. The lowest BCUT2D eigenvalue weighted by atomic mass is 10.0. The van der Waals surface area contributed by atoms with Gasteiger partial charge in [0.05, 0.1) is 0 Å². The van der Waals surface area contributed by atoms with Crippen molar-refractivity contribution in [1.82, 2.24) is 10.2 Å². The van der Waals surface area contributed by atoms with E-state index in [1.165, 1.54) is 0 Å². The van der Waals surface area contributed by atoms with Gasteiger partial charge >= 0.3 is 6.18 Å². The lowest BCUT2D eigenvalue weighted by Gasteiger charge is -2.32. The summed E-state index contributed by atoms with van der Waals surface area (Å²) in [7, 11) is 0. The highest BCUT2D eigenvalue weighted by molar-refractivity contribution is 5.76. The molecule has 0 bridgehead atoms. The predicted octanol–water partition coefficient (Wildman–Crippen LogP) is 1.93. The van der Waals surface area contributed by atoms with Crippen LogP contribution in [0.25, 0.3) is 0 Å². The van der Waals surface area contributed by atoms with Crippen LogP contribution in [0.5, 0.6) is 0 Å². The van der Waals surface area contributed by atoms with Crippen LogP contribution in [-0.2, 0) is 4.79 Å². The SMILES string of the molecule is CCCN1CCC(NC(=O)CC(F)(F)F)CC1. The van der Waals surface area contributed by atoms with Gasteiger partial charge in [0.1, 0.15) is 6.42 Å². The fourth-order valence-corrected chi connectivity index (χ4v) is 2.08.